The smallest absolute Gasteiger partial charge is 0.410 e. The Morgan fingerprint density at radius 3 is 1.69 bits per heavy atom. The third-order valence-corrected chi connectivity index (χ3v) is 17.2. The van der Waals surface area contributed by atoms with Gasteiger partial charge in [0.15, 0.2) is 0 Å². The number of likely N-dealkylation sites (N-methyl/N-ethyl adjacent to an activating group) is 2. The number of hydrogen-bond acceptors (Lipinski definition) is 17. The van der Waals surface area contributed by atoms with Crippen LogP contribution in [-0.2, 0) is 46.5 Å². The number of unbranched alkanes of at least 4 members (excludes halogenated alkanes) is 2. The molecule has 1 unspecified atom stereocenters. The number of hydrogen-bond donors (Lipinski definition) is 3. The van der Waals surface area contributed by atoms with Gasteiger partial charge in [-0.3, -0.25) is 87.8 Å². The second kappa shape index (κ2) is 30.8. The standard InChI is InChI=1S/C69H73N11O16/c1-6-74(32-34-77-64(86)51-20-13-18-46-37-49(79(92)93)39-53(59(46)51)66(77)88)29-15-30-75(33-35-78-65(87)52-21-14-19-47-38-50(80(94)95)40-54(60(47)52)67(78)89)68(90)61(42(2)3)73(5)69(91)96-41-45-23-25-48(26-24-45)71-63(85)55(36-44-16-9-7-10-17-44)72-62(84)43(4)70-56(81)22-11-8-12-31-76-57(82)27-28-58(76)83/h7,9-10,13-14,16-21,23-28,37-40,42-43,55,61H,6,8,11-12,15,22,29-36,41H2,1-5H3,(H,70,81)(H,71,85)(H,72,84)/t43?,55-,61+/m0/s1. The largest absolute Gasteiger partial charge is 0.445 e. The van der Waals surface area contributed by atoms with Gasteiger partial charge in [-0.15, -0.1) is 0 Å². The highest BCUT2D eigenvalue weighted by atomic mass is 16.6. The molecule has 3 N–H and O–H groups in total. The molecule has 3 aliphatic rings. The Bertz CT molecular complexity index is 4100. The minimum atomic E-state index is -1.17. The molecule has 6 aromatic carbocycles. The van der Waals surface area contributed by atoms with E-state index in [1.54, 1.807) is 92.7 Å². The third kappa shape index (κ3) is 15.9. The average molecular weight is 1310 g/mol. The molecule has 3 aliphatic heterocycles. The maximum absolute atomic E-state index is 15.1. The lowest BCUT2D eigenvalue weighted by Crippen LogP contribution is -2.54. The molecule has 9 rings (SSSR count). The molecule has 0 fully saturated rings. The number of non-ortho nitro benzene ring substituents is 2. The van der Waals surface area contributed by atoms with Crippen LogP contribution in [0.3, 0.4) is 0 Å². The number of rotatable bonds is 31. The van der Waals surface area contributed by atoms with Gasteiger partial charge >= 0.3 is 6.09 Å². The highest BCUT2D eigenvalue weighted by molar-refractivity contribution is 6.27. The molecule has 96 heavy (non-hydrogen) atoms. The quantitative estimate of drug-likeness (QED) is 0.0168. The van der Waals surface area contributed by atoms with Crippen molar-refractivity contribution >= 4 is 104 Å². The molecule has 27 nitrogen and oxygen atoms in total. The zero-order chi connectivity index (χ0) is 69.1. The van der Waals surface area contributed by atoms with Crippen molar-refractivity contribution in [1.29, 1.82) is 0 Å². The van der Waals surface area contributed by atoms with Gasteiger partial charge in [0.05, 0.1) is 21.0 Å². The number of carbonyl (C=O) groups excluding carboxylic acids is 11. The normalized spacial score (nSPS) is 14.3. The van der Waals surface area contributed by atoms with Crippen molar-refractivity contribution in [2.75, 3.05) is 64.7 Å². The number of nitrogens with one attached hydrogen (secondary N) is 3. The molecule has 500 valence electrons. The Balaban J connectivity index is 0.835. The second-order valence-electron chi connectivity index (χ2n) is 24.0. The van der Waals surface area contributed by atoms with Crippen LogP contribution < -0.4 is 16.0 Å². The molecule has 27 heteroatoms. The second-order valence-corrected chi connectivity index (χ2v) is 24.0. The lowest BCUT2D eigenvalue weighted by Gasteiger charge is -2.36. The number of ether oxygens (including phenoxy) is 1. The van der Waals surface area contributed by atoms with Gasteiger partial charge in [0.2, 0.25) is 23.6 Å². The highest BCUT2D eigenvalue weighted by Crippen LogP contribution is 2.35. The number of anilines is 1. The first kappa shape index (κ1) is 69.3. The number of imide groups is 3. The molecule has 11 amide bonds. The van der Waals surface area contributed by atoms with Crippen molar-refractivity contribution in [1.82, 2.24) is 40.0 Å². The van der Waals surface area contributed by atoms with Crippen molar-refractivity contribution < 1.29 is 67.3 Å². The molecule has 0 saturated carbocycles. The van der Waals surface area contributed by atoms with Gasteiger partial charge < -0.3 is 30.5 Å². The van der Waals surface area contributed by atoms with Crippen LogP contribution in [0.2, 0.25) is 0 Å². The average Bonchev–Trinajstić information content (AvgIpc) is 1.40. The monoisotopic (exact) mass is 1310 g/mol. The Kier molecular flexibility index (Phi) is 22.2. The van der Waals surface area contributed by atoms with E-state index in [0.717, 1.165) is 31.2 Å². The minimum absolute atomic E-state index is 0.00683. The predicted octanol–water partition coefficient (Wildman–Crippen LogP) is 7.19. The van der Waals surface area contributed by atoms with E-state index in [2.05, 4.69) is 16.0 Å². The maximum atomic E-state index is 15.1. The Hall–Kier alpha value is -11.1. The zero-order valence-electron chi connectivity index (χ0n) is 53.7. The van der Waals surface area contributed by atoms with E-state index in [9.17, 15) is 68.2 Å². The van der Waals surface area contributed by atoms with Crippen molar-refractivity contribution in [2.24, 2.45) is 5.92 Å². The van der Waals surface area contributed by atoms with Crippen LogP contribution in [0.5, 0.6) is 0 Å². The van der Waals surface area contributed by atoms with E-state index in [-0.39, 0.29) is 116 Å². The number of nitrogens with zero attached hydrogens (tertiary/aromatic N) is 8. The topological polar surface area (TPSA) is 339 Å². The van der Waals surface area contributed by atoms with E-state index >= 15 is 4.79 Å². The fraction of sp³-hybridized carbons (Fsp3) is 0.348. The molecule has 3 heterocycles. The van der Waals surface area contributed by atoms with Crippen LogP contribution in [0.1, 0.15) is 112 Å². The molecule has 3 atom stereocenters. The molecule has 0 radical (unpaired) electrons. The Morgan fingerprint density at radius 2 is 1.14 bits per heavy atom. The fourth-order valence-corrected chi connectivity index (χ4v) is 12.1. The van der Waals surface area contributed by atoms with E-state index in [1.165, 1.54) is 55.3 Å². The summed E-state index contributed by atoms with van der Waals surface area (Å²) >= 11 is 0. The van der Waals surface area contributed by atoms with Crippen molar-refractivity contribution in [3.63, 3.8) is 0 Å². The zero-order valence-corrected chi connectivity index (χ0v) is 53.7. The van der Waals surface area contributed by atoms with Crippen molar-refractivity contribution in [2.45, 2.75) is 91.0 Å². The first-order valence-corrected chi connectivity index (χ1v) is 31.6. The molecule has 0 bridgehead atoms. The molecular weight excluding hydrogens is 1240 g/mol. The minimum Gasteiger partial charge on any atom is -0.445 e. The number of nitro benzene ring substituents is 2. The summed E-state index contributed by atoms with van der Waals surface area (Å²) < 4.78 is 5.76. The van der Waals surface area contributed by atoms with Gasteiger partial charge in [0.1, 0.15) is 24.7 Å². The predicted molar refractivity (Wildman–Crippen MR) is 351 cm³/mol. The third-order valence-electron chi connectivity index (χ3n) is 17.2. The van der Waals surface area contributed by atoms with Gasteiger partial charge in [-0.05, 0) is 91.4 Å². The van der Waals surface area contributed by atoms with Gasteiger partial charge in [-0.1, -0.05) is 93.9 Å². The number of nitro groups is 2. The number of amides is 11. The van der Waals surface area contributed by atoms with Gasteiger partial charge in [0.25, 0.3) is 46.8 Å². The molecule has 0 aliphatic carbocycles. The summed E-state index contributed by atoms with van der Waals surface area (Å²) in [5.41, 5.74) is 1.26. The fourth-order valence-electron chi connectivity index (χ4n) is 12.1. The molecule has 0 aromatic heterocycles. The first-order chi connectivity index (χ1) is 45.9. The van der Waals surface area contributed by atoms with Crippen LogP contribution in [0.25, 0.3) is 21.5 Å². The first-order valence-electron chi connectivity index (χ1n) is 31.6. The van der Waals surface area contributed by atoms with E-state index < -0.39 is 87.2 Å². The van der Waals surface area contributed by atoms with Crippen LogP contribution in [0.4, 0.5) is 21.9 Å². The van der Waals surface area contributed by atoms with Crippen molar-refractivity contribution in [3.8, 4) is 0 Å². The number of benzene rings is 6. The van der Waals surface area contributed by atoms with Crippen LogP contribution in [0.15, 0.2) is 127 Å². The molecule has 6 aromatic rings. The molecule has 0 spiro atoms. The summed E-state index contributed by atoms with van der Waals surface area (Å²) in [5.74, 6) is -6.14. The van der Waals surface area contributed by atoms with E-state index in [1.807, 2.05) is 17.9 Å². The lowest BCUT2D eigenvalue weighted by molar-refractivity contribution is -0.384. The highest BCUT2D eigenvalue weighted by Gasteiger charge is 2.39. The van der Waals surface area contributed by atoms with Crippen molar-refractivity contribution in [3.05, 3.63) is 181 Å². The lowest BCUT2D eigenvalue weighted by atomic mass is 9.93. The molecular formula is C69H73N11O16. The summed E-state index contributed by atoms with van der Waals surface area (Å²) in [6, 6.07) is 26.4. The van der Waals surface area contributed by atoms with Crippen LogP contribution in [-0.4, -0.2) is 182 Å². The Morgan fingerprint density at radius 1 is 0.573 bits per heavy atom. The van der Waals surface area contributed by atoms with Gasteiger partial charge in [-0.2, -0.15) is 0 Å². The Labute approximate surface area is 551 Å². The molecule has 0 saturated heterocycles. The summed E-state index contributed by atoms with van der Waals surface area (Å²) in [6.45, 7) is 7.01. The summed E-state index contributed by atoms with van der Waals surface area (Å²) in [4.78, 5) is 179. The van der Waals surface area contributed by atoms with Crippen LogP contribution in [0, 0.1) is 26.1 Å². The van der Waals surface area contributed by atoms with Gasteiger partial charge in [-0.25, -0.2) is 4.79 Å². The van der Waals surface area contributed by atoms with E-state index in [4.69, 9.17) is 4.74 Å². The number of carbonyl (C=O) groups is 11. The maximum Gasteiger partial charge on any atom is 0.410 e. The summed E-state index contributed by atoms with van der Waals surface area (Å²) in [5, 5.41) is 33.4. The van der Waals surface area contributed by atoms with E-state index in [0.29, 0.717) is 59.8 Å². The summed E-state index contributed by atoms with van der Waals surface area (Å²) in [6.07, 6.45) is 3.52. The van der Waals surface area contributed by atoms with Gasteiger partial charge in [0, 0.05) is 123 Å². The summed E-state index contributed by atoms with van der Waals surface area (Å²) in [7, 11) is 1.40. The van der Waals surface area contributed by atoms with Crippen LogP contribution >= 0.6 is 0 Å². The SMILES string of the molecule is CCN(CCCN(CCN1C(=O)c2cccc3cc([N+](=O)[O-])cc(c23)C1=O)C(=O)[C@@H](C(C)C)N(C)C(=O)OCc1ccc(NC(=O)[C@H](Cc2ccccc2)NC(=O)C(C)NC(=O)CCCCCN2C(=O)C=CC2=O)cc1)CCN1C(=O)c2cccc3cc([N+](=O)[O-])cc(c23)C1=O.